The molecule has 0 aliphatic heterocycles. The zero-order chi connectivity index (χ0) is 26.1. The van der Waals surface area contributed by atoms with E-state index >= 15 is 0 Å². The van der Waals surface area contributed by atoms with E-state index in [1.807, 2.05) is 13.0 Å². The SMILES string of the molecule is CCCCC(CC)COCCOC(C)OC(C)OC(C)OC(C)OC(C)OC(=O)c1ccccc1. The number of hydrogen-bond donors (Lipinski definition) is 0. The first-order valence-electron chi connectivity index (χ1n) is 12.8. The van der Waals surface area contributed by atoms with Gasteiger partial charge in [-0.15, -0.1) is 0 Å². The van der Waals surface area contributed by atoms with Crippen LogP contribution in [0.5, 0.6) is 0 Å². The Kier molecular flexibility index (Phi) is 16.8. The van der Waals surface area contributed by atoms with E-state index in [1.165, 1.54) is 19.3 Å². The summed E-state index contributed by atoms with van der Waals surface area (Å²) in [5, 5.41) is 0. The fourth-order valence-corrected chi connectivity index (χ4v) is 3.46. The molecule has 8 nitrogen and oxygen atoms in total. The number of unbranched alkanes of at least 4 members (excludes halogenated alkanes) is 1. The van der Waals surface area contributed by atoms with E-state index in [9.17, 15) is 4.79 Å². The molecule has 8 heteroatoms. The number of carbonyl (C=O) groups excluding carboxylic acids is 1. The van der Waals surface area contributed by atoms with Crippen LogP contribution < -0.4 is 0 Å². The van der Waals surface area contributed by atoms with E-state index < -0.39 is 37.4 Å². The highest BCUT2D eigenvalue weighted by molar-refractivity contribution is 5.89. The number of rotatable bonds is 20. The third kappa shape index (κ3) is 15.2. The van der Waals surface area contributed by atoms with Gasteiger partial charge in [-0.25, -0.2) is 4.79 Å². The number of ether oxygens (including phenoxy) is 7. The van der Waals surface area contributed by atoms with E-state index in [0.717, 1.165) is 13.0 Å². The molecule has 0 spiro atoms. The topological polar surface area (TPSA) is 81.7 Å². The van der Waals surface area contributed by atoms with Crippen molar-refractivity contribution in [2.75, 3.05) is 19.8 Å². The molecule has 0 aliphatic rings. The van der Waals surface area contributed by atoms with Crippen LogP contribution in [0.4, 0.5) is 0 Å². The third-order valence-corrected chi connectivity index (χ3v) is 5.29. The van der Waals surface area contributed by atoms with Crippen molar-refractivity contribution < 1.29 is 38.0 Å². The average molecular weight is 499 g/mol. The van der Waals surface area contributed by atoms with Gasteiger partial charge in [0.2, 0.25) is 6.29 Å². The molecule has 1 rings (SSSR count). The molecule has 0 N–H and O–H groups in total. The summed E-state index contributed by atoms with van der Waals surface area (Å²) in [5.41, 5.74) is 0.458. The molecule has 0 fully saturated rings. The lowest BCUT2D eigenvalue weighted by Crippen LogP contribution is -2.32. The minimum Gasteiger partial charge on any atom is -0.432 e. The quantitative estimate of drug-likeness (QED) is 0.125. The lowest BCUT2D eigenvalue weighted by molar-refractivity contribution is -0.318. The van der Waals surface area contributed by atoms with Crippen LogP contribution in [0.2, 0.25) is 0 Å². The molecule has 6 atom stereocenters. The summed E-state index contributed by atoms with van der Waals surface area (Å²) < 4.78 is 39.3. The van der Waals surface area contributed by atoms with Gasteiger partial charge in [-0.2, -0.15) is 0 Å². The summed E-state index contributed by atoms with van der Waals surface area (Å²) in [6.45, 7) is 14.8. The second kappa shape index (κ2) is 18.7. The molecule has 0 saturated heterocycles. The van der Waals surface area contributed by atoms with Crippen molar-refractivity contribution in [2.24, 2.45) is 5.92 Å². The van der Waals surface area contributed by atoms with Crippen molar-refractivity contribution >= 4 is 5.97 Å². The average Bonchev–Trinajstić information content (AvgIpc) is 2.80. The molecule has 0 heterocycles. The van der Waals surface area contributed by atoms with Crippen molar-refractivity contribution in [3.05, 3.63) is 35.9 Å². The van der Waals surface area contributed by atoms with Crippen LogP contribution in [-0.4, -0.2) is 57.2 Å². The van der Waals surface area contributed by atoms with Crippen LogP contribution in [0.25, 0.3) is 0 Å². The van der Waals surface area contributed by atoms with Gasteiger partial charge >= 0.3 is 5.97 Å². The second-order valence-corrected chi connectivity index (χ2v) is 8.52. The Labute approximate surface area is 211 Å². The normalized spacial score (nSPS) is 16.8. The fraction of sp³-hybridized carbons (Fsp3) is 0.741. The molecular formula is C27H46O8. The van der Waals surface area contributed by atoms with E-state index in [4.69, 9.17) is 33.2 Å². The summed E-state index contributed by atoms with van der Waals surface area (Å²) in [6.07, 6.45) is 1.75. The molecule has 0 radical (unpaired) electrons. The molecule has 0 amide bonds. The van der Waals surface area contributed by atoms with Crippen LogP contribution in [0.15, 0.2) is 30.3 Å². The fourth-order valence-electron chi connectivity index (χ4n) is 3.46. The van der Waals surface area contributed by atoms with Crippen molar-refractivity contribution in [2.45, 2.75) is 106 Å². The summed E-state index contributed by atoms with van der Waals surface area (Å²) in [6, 6.07) is 8.73. The van der Waals surface area contributed by atoms with Gasteiger partial charge < -0.3 is 33.2 Å². The van der Waals surface area contributed by atoms with E-state index in [1.54, 1.807) is 52.0 Å². The molecule has 0 aliphatic carbocycles. The third-order valence-electron chi connectivity index (χ3n) is 5.29. The molecule has 6 unspecified atom stereocenters. The Morgan fingerprint density at radius 1 is 0.771 bits per heavy atom. The minimum absolute atomic E-state index is 0.450. The Bertz CT molecular complexity index is 656. The number of esters is 1. The lowest BCUT2D eigenvalue weighted by atomic mass is 10.0. The van der Waals surface area contributed by atoms with E-state index in [2.05, 4.69) is 13.8 Å². The molecule has 35 heavy (non-hydrogen) atoms. The number of hydrogen-bond acceptors (Lipinski definition) is 8. The van der Waals surface area contributed by atoms with Gasteiger partial charge in [-0.05, 0) is 59.1 Å². The molecule has 1 aromatic carbocycles. The first kappa shape index (κ1) is 31.5. The maximum Gasteiger partial charge on any atom is 0.340 e. The maximum absolute atomic E-state index is 12.1. The van der Waals surface area contributed by atoms with Crippen molar-refractivity contribution in [3.8, 4) is 0 Å². The molecule has 0 bridgehead atoms. The summed E-state index contributed by atoms with van der Waals surface area (Å²) in [7, 11) is 0. The van der Waals surface area contributed by atoms with Crippen LogP contribution in [0.1, 0.15) is 84.5 Å². The van der Waals surface area contributed by atoms with Gasteiger partial charge in [0.1, 0.15) is 0 Å². The van der Waals surface area contributed by atoms with E-state index in [-0.39, 0.29) is 0 Å². The van der Waals surface area contributed by atoms with Gasteiger partial charge in [0.05, 0.1) is 18.8 Å². The number of benzene rings is 1. The maximum atomic E-state index is 12.1. The standard InChI is InChI=1S/C27H46O8/c1-8-10-14-25(9-2)19-29-17-18-30-20(3)31-21(4)32-22(5)33-23(6)34-24(7)35-27(28)26-15-12-11-13-16-26/h11-13,15-16,20-25H,8-10,14,17-19H2,1-7H3. The highest BCUT2D eigenvalue weighted by atomic mass is 16.8. The van der Waals surface area contributed by atoms with E-state index in [0.29, 0.717) is 24.7 Å². The lowest BCUT2D eigenvalue weighted by Gasteiger charge is -2.26. The molecule has 0 aromatic heterocycles. The summed E-state index contributed by atoms with van der Waals surface area (Å²) in [4.78, 5) is 12.1. The molecular weight excluding hydrogens is 452 g/mol. The first-order chi connectivity index (χ1) is 16.7. The predicted molar refractivity (Wildman–Crippen MR) is 134 cm³/mol. The summed E-state index contributed by atoms with van der Waals surface area (Å²) in [5.74, 6) is 0.154. The Morgan fingerprint density at radius 3 is 1.91 bits per heavy atom. The Hall–Kier alpha value is -1.55. The molecule has 202 valence electrons. The predicted octanol–water partition coefficient (Wildman–Crippen LogP) is 5.89. The first-order valence-corrected chi connectivity index (χ1v) is 12.8. The largest absolute Gasteiger partial charge is 0.432 e. The second-order valence-electron chi connectivity index (χ2n) is 8.52. The Morgan fingerprint density at radius 2 is 1.34 bits per heavy atom. The smallest absolute Gasteiger partial charge is 0.340 e. The van der Waals surface area contributed by atoms with Crippen LogP contribution in [0, 0.1) is 5.92 Å². The van der Waals surface area contributed by atoms with Gasteiger partial charge in [0, 0.05) is 6.61 Å². The Balaban J connectivity index is 2.18. The van der Waals surface area contributed by atoms with Crippen molar-refractivity contribution in [1.82, 2.24) is 0 Å². The van der Waals surface area contributed by atoms with Gasteiger partial charge in [0.25, 0.3) is 0 Å². The zero-order valence-corrected chi connectivity index (χ0v) is 22.6. The van der Waals surface area contributed by atoms with Crippen LogP contribution in [0.3, 0.4) is 0 Å². The van der Waals surface area contributed by atoms with Gasteiger partial charge in [-0.3, -0.25) is 0 Å². The van der Waals surface area contributed by atoms with Crippen molar-refractivity contribution in [1.29, 1.82) is 0 Å². The zero-order valence-electron chi connectivity index (χ0n) is 22.6. The van der Waals surface area contributed by atoms with Gasteiger partial charge in [0.15, 0.2) is 25.2 Å². The van der Waals surface area contributed by atoms with Crippen molar-refractivity contribution in [3.63, 3.8) is 0 Å². The van der Waals surface area contributed by atoms with Crippen LogP contribution in [-0.2, 0) is 33.2 Å². The highest BCUT2D eigenvalue weighted by Crippen LogP contribution is 2.13. The van der Waals surface area contributed by atoms with Gasteiger partial charge in [-0.1, -0.05) is 51.3 Å². The molecule has 0 saturated carbocycles. The number of carbonyl (C=O) groups is 1. The minimum atomic E-state index is -0.784. The summed E-state index contributed by atoms with van der Waals surface area (Å²) >= 11 is 0. The monoisotopic (exact) mass is 498 g/mol. The molecule has 1 aromatic rings. The van der Waals surface area contributed by atoms with Crippen LogP contribution >= 0.6 is 0 Å². The highest BCUT2D eigenvalue weighted by Gasteiger charge is 2.19.